The monoisotopic (exact) mass is 376 g/mol. The second kappa shape index (κ2) is 6.76. The molecule has 28 heavy (non-hydrogen) atoms. The van der Waals surface area contributed by atoms with Gasteiger partial charge in [0.15, 0.2) is 6.54 Å². The van der Waals surface area contributed by atoms with Gasteiger partial charge in [-0.3, -0.25) is 0 Å². The molecule has 0 bridgehead atoms. The predicted molar refractivity (Wildman–Crippen MR) is 102 cm³/mol. The maximum Gasteiger partial charge on any atom is 0.271 e. The highest BCUT2D eigenvalue weighted by molar-refractivity contribution is 5.77. The molecule has 0 amide bonds. The zero-order chi connectivity index (χ0) is 19.1. The zero-order valence-electron chi connectivity index (χ0n) is 15.9. The van der Waals surface area contributed by atoms with E-state index in [9.17, 15) is 0 Å². The molecule has 2 atom stereocenters. The van der Waals surface area contributed by atoms with Gasteiger partial charge in [-0.05, 0) is 26.0 Å². The second-order valence-corrected chi connectivity index (χ2v) is 7.26. The molecule has 142 valence electrons. The van der Waals surface area contributed by atoms with Gasteiger partial charge in [-0.15, -0.1) is 10.2 Å². The summed E-state index contributed by atoms with van der Waals surface area (Å²) in [6, 6.07) is 14.6. The first-order valence-corrected chi connectivity index (χ1v) is 9.55. The van der Waals surface area contributed by atoms with E-state index in [1.165, 1.54) is 10.6 Å². The topological polar surface area (TPSA) is 74.3 Å². The van der Waals surface area contributed by atoms with Crippen molar-refractivity contribution in [1.29, 1.82) is 0 Å². The number of benzene rings is 1. The van der Waals surface area contributed by atoms with Crippen molar-refractivity contribution in [3.05, 3.63) is 66.0 Å². The number of quaternary nitrogens is 1. The molecular weight excluding hydrogens is 354 g/mol. The molecular formula is C21H22N5O2+. The number of hydrogen-bond acceptors (Lipinski definition) is 5. The van der Waals surface area contributed by atoms with Crippen LogP contribution in [0.3, 0.4) is 0 Å². The van der Waals surface area contributed by atoms with E-state index in [4.69, 9.17) is 8.94 Å². The smallest absolute Gasteiger partial charge is 0.271 e. The molecule has 5 rings (SSSR count). The normalized spacial score (nSPS) is 18.9. The van der Waals surface area contributed by atoms with E-state index in [-0.39, 0.29) is 0 Å². The number of nitrogens with zero attached hydrogens (tertiary/aromatic N) is 4. The average molecular weight is 376 g/mol. The lowest BCUT2D eigenvalue weighted by molar-refractivity contribution is -0.948. The molecule has 7 heteroatoms. The van der Waals surface area contributed by atoms with Gasteiger partial charge < -0.3 is 18.4 Å². The summed E-state index contributed by atoms with van der Waals surface area (Å²) in [4.78, 5) is 1.42. The minimum Gasteiger partial charge on any atom is -0.415 e. The Morgan fingerprint density at radius 2 is 2.00 bits per heavy atom. The van der Waals surface area contributed by atoms with Crippen LogP contribution < -0.4 is 4.90 Å². The quantitative estimate of drug-likeness (QED) is 0.593. The molecule has 1 aromatic carbocycles. The van der Waals surface area contributed by atoms with Gasteiger partial charge in [-0.25, -0.2) is 0 Å². The van der Waals surface area contributed by atoms with Gasteiger partial charge in [0.25, 0.3) is 11.8 Å². The molecule has 0 radical (unpaired) electrons. The molecule has 1 unspecified atom stereocenters. The average Bonchev–Trinajstić information content (AvgIpc) is 3.44. The van der Waals surface area contributed by atoms with Crippen molar-refractivity contribution in [2.45, 2.75) is 33.0 Å². The molecule has 1 aliphatic heterocycles. The summed E-state index contributed by atoms with van der Waals surface area (Å²) in [5.74, 6) is 1.77. The fourth-order valence-corrected chi connectivity index (χ4v) is 3.99. The van der Waals surface area contributed by atoms with Crippen LogP contribution in [0.1, 0.15) is 30.3 Å². The van der Waals surface area contributed by atoms with Crippen molar-refractivity contribution in [2.24, 2.45) is 0 Å². The first-order chi connectivity index (χ1) is 13.7. The zero-order valence-corrected chi connectivity index (χ0v) is 15.9. The molecule has 0 saturated carbocycles. The summed E-state index contributed by atoms with van der Waals surface area (Å²) in [6.45, 7) is 6.85. The summed E-state index contributed by atoms with van der Waals surface area (Å²) in [7, 11) is 0. The molecule has 7 nitrogen and oxygen atoms in total. The van der Waals surface area contributed by atoms with Crippen molar-refractivity contribution in [1.82, 2.24) is 19.9 Å². The van der Waals surface area contributed by atoms with Gasteiger partial charge in [0, 0.05) is 11.8 Å². The van der Waals surface area contributed by atoms with Gasteiger partial charge in [0.1, 0.15) is 23.1 Å². The maximum atomic E-state index is 6.04. The van der Waals surface area contributed by atoms with Crippen LogP contribution in [-0.2, 0) is 13.1 Å². The van der Waals surface area contributed by atoms with Gasteiger partial charge in [0.05, 0.1) is 18.8 Å². The molecule has 0 saturated heterocycles. The SMILES string of the molecule is Cc1onc(-c2ccccc2)c1-c1nnc(C[NH+]2CCn3cccc3[C@@H]2C)o1. The third-order valence-electron chi connectivity index (χ3n) is 5.56. The lowest BCUT2D eigenvalue weighted by atomic mass is 10.1. The number of aryl methyl sites for hydroxylation is 1. The Morgan fingerprint density at radius 1 is 1.14 bits per heavy atom. The summed E-state index contributed by atoms with van der Waals surface area (Å²) in [6.07, 6.45) is 2.15. The highest BCUT2D eigenvalue weighted by atomic mass is 16.5. The minimum absolute atomic E-state index is 0.385. The van der Waals surface area contributed by atoms with Crippen LogP contribution in [0.15, 0.2) is 57.6 Å². The Labute approximate surface area is 162 Å². The Balaban J connectivity index is 1.42. The molecule has 0 aliphatic carbocycles. The Morgan fingerprint density at radius 3 is 2.86 bits per heavy atom. The molecule has 4 heterocycles. The highest BCUT2D eigenvalue weighted by Gasteiger charge is 2.29. The maximum absolute atomic E-state index is 6.04. The highest BCUT2D eigenvalue weighted by Crippen LogP contribution is 2.33. The van der Waals surface area contributed by atoms with Crippen molar-refractivity contribution in [3.63, 3.8) is 0 Å². The van der Waals surface area contributed by atoms with Gasteiger partial charge >= 0.3 is 0 Å². The van der Waals surface area contributed by atoms with Crippen LogP contribution >= 0.6 is 0 Å². The molecule has 0 spiro atoms. The number of fused-ring (bicyclic) bond motifs is 1. The van der Waals surface area contributed by atoms with E-state index in [1.807, 2.05) is 37.3 Å². The molecule has 0 fully saturated rings. The van der Waals surface area contributed by atoms with Crippen LogP contribution in [0, 0.1) is 6.92 Å². The Kier molecular flexibility index (Phi) is 4.09. The predicted octanol–water partition coefficient (Wildman–Crippen LogP) is 2.66. The van der Waals surface area contributed by atoms with Gasteiger partial charge in [-0.1, -0.05) is 35.5 Å². The number of aromatic nitrogens is 4. The van der Waals surface area contributed by atoms with Crippen molar-refractivity contribution >= 4 is 0 Å². The molecule has 3 aromatic heterocycles. The van der Waals surface area contributed by atoms with Crippen LogP contribution in [0.5, 0.6) is 0 Å². The summed E-state index contributed by atoms with van der Waals surface area (Å²) < 4.78 is 13.8. The second-order valence-electron chi connectivity index (χ2n) is 7.26. The number of rotatable bonds is 4. The van der Waals surface area contributed by atoms with Crippen LogP contribution in [-0.4, -0.2) is 26.5 Å². The van der Waals surface area contributed by atoms with Crippen LogP contribution in [0.25, 0.3) is 22.7 Å². The summed E-state index contributed by atoms with van der Waals surface area (Å²) in [5, 5.41) is 12.8. The summed E-state index contributed by atoms with van der Waals surface area (Å²) >= 11 is 0. The van der Waals surface area contributed by atoms with E-state index < -0.39 is 0 Å². The van der Waals surface area contributed by atoms with Gasteiger partial charge in [-0.2, -0.15) is 0 Å². The Hall–Kier alpha value is -3.19. The molecule has 1 N–H and O–H groups in total. The van der Waals surface area contributed by atoms with Crippen molar-refractivity contribution in [2.75, 3.05) is 6.54 Å². The van der Waals surface area contributed by atoms with Crippen molar-refractivity contribution < 1.29 is 13.8 Å². The fourth-order valence-electron chi connectivity index (χ4n) is 3.99. The lowest BCUT2D eigenvalue weighted by Crippen LogP contribution is -3.12. The van der Waals surface area contributed by atoms with E-state index in [0.29, 0.717) is 30.1 Å². The van der Waals surface area contributed by atoms with E-state index in [0.717, 1.165) is 29.9 Å². The third kappa shape index (κ3) is 2.84. The number of nitrogens with one attached hydrogen (secondary N) is 1. The fraction of sp³-hybridized carbons (Fsp3) is 0.286. The van der Waals surface area contributed by atoms with E-state index in [1.54, 1.807) is 0 Å². The van der Waals surface area contributed by atoms with Crippen LogP contribution in [0.2, 0.25) is 0 Å². The molecule has 4 aromatic rings. The first-order valence-electron chi connectivity index (χ1n) is 9.55. The number of hydrogen-bond donors (Lipinski definition) is 1. The summed E-state index contributed by atoms with van der Waals surface area (Å²) in [5.41, 5.74) is 3.80. The standard InChI is InChI=1S/C21H21N5O2/c1-14-17-9-6-10-25(17)11-12-26(14)13-18-22-23-21(27-18)19-15(2)28-24-20(19)16-7-4-3-5-8-16/h3-10,14H,11-13H2,1-2H3/p+1/t14-/m0/s1. The van der Waals surface area contributed by atoms with E-state index >= 15 is 0 Å². The van der Waals surface area contributed by atoms with E-state index in [2.05, 4.69) is 45.2 Å². The Bertz CT molecular complexity index is 1100. The van der Waals surface area contributed by atoms with Gasteiger partial charge in [0.2, 0.25) is 0 Å². The lowest BCUT2D eigenvalue weighted by Gasteiger charge is -2.30. The largest absolute Gasteiger partial charge is 0.415 e. The third-order valence-corrected chi connectivity index (χ3v) is 5.56. The van der Waals surface area contributed by atoms with Crippen molar-refractivity contribution in [3.8, 4) is 22.7 Å². The van der Waals surface area contributed by atoms with Crippen LogP contribution in [0.4, 0.5) is 0 Å². The first kappa shape index (κ1) is 16.9. The molecule has 1 aliphatic rings. The minimum atomic E-state index is 0.385.